The van der Waals surface area contributed by atoms with Gasteiger partial charge in [-0.05, 0) is 55.7 Å². The number of carboxylic acid groups (broad SMARTS) is 1. The van der Waals surface area contributed by atoms with Crippen LogP contribution in [0.15, 0.2) is 54.9 Å². The Morgan fingerprint density at radius 3 is 2.37 bits per heavy atom. The van der Waals surface area contributed by atoms with Gasteiger partial charge in [-0.15, -0.1) is 0 Å². The molecule has 6 heteroatoms. The van der Waals surface area contributed by atoms with Crippen molar-refractivity contribution < 1.29 is 14.7 Å². The highest BCUT2D eigenvalue weighted by Gasteiger charge is 2.42. The van der Waals surface area contributed by atoms with Crippen molar-refractivity contribution in [3.05, 3.63) is 60.4 Å². The SMILES string of the molecule is O=C(O)NC[C@]1(C(=O)Nc2ccncc2)CC[C@H](Cc2ccccc2)CC1. The highest BCUT2D eigenvalue weighted by atomic mass is 16.4. The first-order valence-electron chi connectivity index (χ1n) is 9.30. The predicted octanol–water partition coefficient (Wildman–Crippen LogP) is 3.71. The number of hydrogen-bond donors (Lipinski definition) is 3. The lowest BCUT2D eigenvalue weighted by molar-refractivity contribution is -0.127. The Balaban J connectivity index is 1.67. The molecule has 0 saturated heterocycles. The van der Waals surface area contributed by atoms with E-state index in [0.717, 1.165) is 19.3 Å². The molecular formula is C21H25N3O3. The average molecular weight is 367 g/mol. The molecule has 1 saturated carbocycles. The zero-order chi connectivity index (χ0) is 19.1. The zero-order valence-corrected chi connectivity index (χ0v) is 15.2. The number of rotatable bonds is 6. The van der Waals surface area contributed by atoms with Crippen LogP contribution in [0.4, 0.5) is 10.5 Å². The molecule has 0 unspecified atom stereocenters. The van der Waals surface area contributed by atoms with E-state index in [1.807, 2.05) is 18.2 Å². The van der Waals surface area contributed by atoms with Crippen LogP contribution in [0.1, 0.15) is 31.2 Å². The van der Waals surface area contributed by atoms with E-state index in [-0.39, 0.29) is 12.5 Å². The summed E-state index contributed by atoms with van der Waals surface area (Å²) in [5.74, 6) is 0.389. The third-order valence-corrected chi connectivity index (χ3v) is 5.43. The van der Waals surface area contributed by atoms with Gasteiger partial charge in [0.1, 0.15) is 0 Å². The summed E-state index contributed by atoms with van der Waals surface area (Å²) in [5, 5.41) is 14.4. The summed E-state index contributed by atoms with van der Waals surface area (Å²) < 4.78 is 0. The lowest BCUT2D eigenvalue weighted by Crippen LogP contribution is -2.47. The minimum atomic E-state index is -1.10. The molecule has 1 aromatic heterocycles. The van der Waals surface area contributed by atoms with E-state index in [1.165, 1.54) is 5.56 Å². The normalized spacial score (nSPS) is 22.0. The molecule has 1 aliphatic rings. The van der Waals surface area contributed by atoms with Crippen LogP contribution in [0.25, 0.3) is 0 Å². The van der Waals surface area contributed by atoms with Crippen molar-refractivity contribution in [2.24, 2.45) is 11.3 Å². The number of anilines is 1. The van der Waals surface area contributed by atoms with Gasteiger partial charge in [0.25, 0.3) is 0 Å². The van der Waals surface area contributed by atoms with E-state index in [2.05, 4.69) is 27.8 Å². The lowest BCUT2D eigenvalue weighted by Gasteiger charge is -2.39. The van der Waals surface area contributed by atoms with Crippen LogP contribution in [-0.2, 0) is 11.2 Å². The maximum Gasteiger partial charge on any atom is 0.404 e. The molecule has 1 aliphatic carbocycles. The summed E-state index contributed by atoms with van der Waals surface area (Å²) in [7, 11) is 0. The van der Waals surface area contributed by atoms with Gasteiger partial charge in [-0.25, -0.2) is 4.79 Å². The van der Waals surface area contributed by atoms with E-state index in [9.17, 15) is 9.59 Å². The summed E-state index contributed by atoms with van der Waals surface area (Å²) in [6.07, 6.45) is 6.28. The van der Waals surface area contributed by atoms with Crippen LogP contribution in [-0.4, -0.2) is 28.6 Å². The number of aromatic nitrogens is 1. The van der Waals surface area contributed by atoms with Crippen LogP contribution in [0.5, 0.6) is 0 Å². The predicted molar refractivity (Wildman–Crippen MR) is 103 cm³/mol. The molecule has 1 fully saturated rings. The summed E-state index contributed by atoms with van der Waals surface area (Å²) in [6.45, 7) is 0.136. The van der Waals surface area contributed by atoms with Crippen molar-refractivity contribution in [3.63, 3.8) is 0 Å². The zero-order valence-electron chi connectivity index (χ0n) is 15.2. The number of benzene rings is 1. The fourth-order valence-electron chi connectivity index (χ4n) is 3.81. The lowest BCUT2D eigenvalue weighted by atomic mass is 9.68. The summed E-state index contributed by atoms with van der Waals surface area (Å²) in [6, 6.07) is 13.8. The molecule has 2 aromatic rings. The van der Waals surface area contributed by atoms with E-state index in [4.69, 9.17) is 5.11 Å². The molecule has 27 heavy (non-hydrogen) atoms. The first kappa shape index (κ1) is 18.9. The van der Waals surface area contributed by atoms with Gasteiger partial charge < -0.3 is 15.7 Å². The maximum absolute atomic E-state index is 13.0. The van der Waals surface area contributed by atoms with Crippen LogP contribution < -0.4 is 10.6 Å². The number of carbonyl (C=O) groups excluding carboxylic acids is 1. The summed E-state index contributed by atoms with van der Waals surface area (Å²) in [5.41, 5.74) is 1.27. The molecule has 0 spiro atoms. The second-order valence-corrected chi connectivity index (χ2v) is 7.26. The molecular weight excluding hydrogens is 342 g/mol. The Morgan fingerprint density at radius 2 is 1.74 bits per heavy atom. The minimum absolute atomic E-state index is 0.124. The molecule has 1 heterocycles. The Hall–Kier alpha value is -2.89. The standard InChI is InChI=1S/C21H25N3O3/c25-19(24-18-8-12-22-13-9-18)21(15-23-20(26)27)10-6-17(7-11-21)14-16-4-2-1-3-5-16/h1-5,8-9,12-13,17,23H,6-7,10-11,14-15H2,(H,26,27)(H,22,24,25)/t17-,21-. The van der Waals surface area contributed by atoms with E-state index in [1.54, 1.807) is 24.5 Å². The number of nitrogens with one attached hydrogen (secondary N) is 2. The summed E-state index contributed by atoms with van der Waals surface area (Å²) in [4.78, 5) is 28.0. The van der Waals surface area contributed by atoms with Gasteiger partial charge in [0, 0.05) is 24.6 Å². The van der Waals surface area contributed by atoms with Crippen LogP contribution in [0.3, 0.4) is 0 Å². The number of nitrogens with zero attached hydrogens (tertiary/aromatic N) is 1. The molecule has 3 rings (SSSR count). The van der Waals surface area contributed by atoms with Crippen molar-refractivity contribution in [1.82, 2.24) is 10.3 Å². The molecule has 0 aliphatic heterocycles. The largest absolute Gasteiger partial charge is 0.465 e. The summed E-state index contributed by atoms with van der Waals surface area (Å²) >= 11 is 0. The molecule has 1 aromatic carbocycles. The number of amides is 2. The van der Waals surface area contributed by atoms with Crippen molar-refractivity contribution in [1.29, 1.82) is 0 Å². The van der Waals surface area contributed by atoms with Gasteiger partial charge in [-0.1, -0.05) is 30.3 Å². The number of hydrogen-bond acceptors (Lipinski definition) is 3. The second kappa shape index (κ2) is 8.66. The third-order valence-electron chi connectivity index (χ3n) is 5.43. The van der Waals surface area contributed by atoms with Crippen molar-refractivity contribution in [2.75, 3.05) is 11.9 Å². The Bertz CT molecular complexity index is 757. The number of pyridine rings is 1. The van der Waals surface area contributed by atoms with Crippen LogP contribution >= 0.6 is 0 Å². The van der Waals surface area contributed by atoms with E-state index in [0.29, 0.717) is 24.4 Å². The minimum Gasteiger partial charge on any atom is -0.465 e. The molecule has 0 radical (unpaired) electrons. The molecule has 142 valence electrons. The van der Waals surface area contributed by atoms with Crippen LogP contribution in [0.2, 0.25) is 0 Å². The van der Waals surface area contributed by atoms with E-state index >= 15 is 0 Å². The molecule has 2 amide bonds. The van der Waals surface area contributed by atoms with Gasteiger partial charge in [-0.2, -0.15) is 0 Å². The van der Waals surface area contributed by atoms with Crippen LogP contribution in [0, 0.1) is 11.3 Å². The van der Waals surface area contributed by atoms with Gasteiger partial charge in [0.15, 0.2) is 0 Å². The number of carbonyl (C=O) groups is 2. The topological polar surface area (TPSA) is 91.3 Å². The van der Waals surface area contributed by atoms with Crippen molar-refractivity contribution in [2.45, 2.75) is 32.1 Å². The molecule has 0 bridgehead atoms. The highest BCUT2D eigenvalue weighted by molar-refractivity contribution is 5.95. The molecule has 6 nitrogen and oxygen atoms in total. The van der Waals surface area contributed by atoms with Crippen molar-refractivity contribution in [3.8, 4) is 0 Å². The maximum atomic E-state index is 13.0. The Labute approximate surface area is 159 Å². The van der Waals surface area contributed by atoms with E-state index < -0.39 is 11.5 Å². The quantitative estimate of drug-likeness (QED) is 0.726. The fourth-order valence-corrected chi connectivity index (χ4v) is 3.81. The Kier molecular flexibility index (Phi) is 6.06. The smallest absolute Gasteiger partial charge is 0.404 e. The fraction of sp³-hybridized carbons (Fsp3) is 0.381. The van der Waals surface area contributed by atoms with Gasteiger partial charge >= 0.3 is 6.09 Å². The highest BCUT2D eigenvalue weighted by Crippen LogP contribution is 2.40. The third kappa shape index (κ3) is 5.06. The van der Waals surface area contributed by atoms with Gasteiger partial charge in [0.05, 0.1) is 5.41 Å². The van der Waals surface area contributed by atoms with Gasteiger partial charge in [-0.3, -0.25) is 9.78 Å². The molecule has 0 atom stereocenters. The van der Waals surface area contributed by atoms with Crippen molar-refractivity contribution >= 4 is 17.7 Å². The molecule has 3 N–H and O–H groups in total. The second-order valence-electron chi connectivity index (χ2n) is 7.26. The van der Waals surface area contributed by atoms with Gasteiger partial charge in [0.2, 0.25) is 5.91 Å². The first-order chi connectivity index (χ1) is 13.1. The average Bonchev–Trinajstić information content (AvgIpc) is 2.69. The monoisotopic (exact) mass is 367 g/mol. The Morgan fingerprint density at radius 1 is 1.07 bits per heavy atom. The first-order valence-corrected chi connectivity index (χ1v) is 9.30.